The number of nitrogens with one attached hydrogen (secondary N) is 1. The highest BCUT2D eigenvalue weighted by Gasteiger charge is 2.48. The third-order valence-electron chi connectivity index (χ3n) is 3.52. The highest BCUT2D eigenvalue weighted by atomic mass is 16.5. The molecule has 3 nitrogen and oxygen atoms in total. The fourth-order valence-electron chi connectivity index (χ4n) is 2.71. The summed E-state index contributed by atoms with van der Waals surface area (Å²) >= 11 is 0. The summed E-state index contributed by atoms with van der Waals surface area (Å²) in [7, 11) is 1.79. The van der Waals surface area contributed by atoms with Gasteiger partial charge in [-0.1, -0.05) is 6.92 Å². The van der Waals surface area contributed by atoms with Crippen molar-refractivity contribution in [1.29, 1.82) is 0 Å². The van der Waals surface area contributed by atoms with E-state index in [2.05, 4.69) is 12.2 Å². The van der Waals surface area contributed by atoms with Gasteiger partial charge >= 0.3 is 0 Å². The van der Waals surface area contributed by atoms with Gasteiger partial charge in [-0.2, -0.15) is 0 Å². The van der Waals surface area contributed by atoms with Crippen molar-refractivity contribution in [3.8, 4) is 0 Å². The fraction of sp³-hybridized carbons (Fsp3) is 1.00. The molecule has 14 heavy (non-hydrogen) atoms. The Morgan fingerprint density at radius 3 is 2.86 bits per heavy atom. The first-order valence-corrected chi connectivity index (χ1v) is 5.68. The van der Waals surface area contributed by atoms with E-state index >= 15 is 0 Å². The standard InChI is InChI=1S/C11H21NO2/c1-3-12-9-4-5-14-11(6-9)7-10(8-11)13-2/h9-10,12H,3-8H2,1-2H3. The molecule has 82 valence electrons. The van der Waals surface area contributed by atoms with E-state index in [-0.39, 0.29) is 5.60 Å². The summed E-state index contributed by atoms with van der Waals surface area (Å²) < 4.78 is 11.2. The Hall–Kier alpha value is -0.120. The Morgan fingerprint density at radius 1 is 1.43 bits per heavy atom. The molecule has 1 unspecified atom stereocenters. The lowest BCUT2D eigenvalue weighted by atomic mass is 9.71. The molecule has 0 aromatic rings. The third kappa shape index (κ3) is 1.95. The van der Waals surface area contributed by atoms with Gasteiger partial charge in [0.05, 0.1) is 11.7 Å². The maximum atomic E-state index is 5.89. The summed E-state index contributed by atoms with van der Waals surface area (Å²) in [5.41, 5.74) is 0.158. The highest BCUT2D eigenvalue weighted by molar-refractivity contribution is 5.01. The van der Waals surface area contributed by atoms with Crippen LogP contribution in [0.25, 0.3) is 0 Å². The molecule has 2 fully saturated rings. The van der Waals surface area contributed by atoms with Crippen molar-refractivity contribution in [3.05, 3.63) is 0 Å². The van der Waals surface area contributed by atoms with E-state index in [1.54, 1.807) is 7.11 Å². The lowest BCUT2D eigenvalue weighted by Gasteiger charge is -2.50. The Kier molecular flexibility index (Phi) is 3.10. The summed E-state index contributed by atoms with van der Waals surface area (Å²) in [6, 6.07) is 0.659. The van der Waals surface area contributed by atoms with Gasteiger partial charge in [0.15, 0.2) is 0 Å². The molecule has 1 N–H and O–H groups in total. The molecule has 0 aromatic heterocycles. The molecular weight excluding hydrogens is 178 g/mol. The van der Waals surface area contributed by atoms with Crippen molar-refractivity contribution in [2.75, 3.05) is 20.3 Å². The van der Waals surface area contributed by atoms with E-state index in [9.17, 15) is 0 Å². The Bertz CT molecular complexity index is 188. The number of ether oxygens (including phenoxy) is 2. The van der Waals surface area contributed by atoms with Crippen molar-refractivity contribution in [3.63, 3.8) is 0 Å². The molecule has 0 amide bonds. The van der Waals surface area contributed by atoms with Gasteiger partial charge in [0, 0.05) is 32.6 Å². The van der Waals surface area contributed by atoms with Gasteiger partial charge in [0.2, 0.25) is 0 Å². The Morgan fingerprint density at radius 2 is 2.21 bits per heavy atom. The molecule has 0 aromatic carbocycles. The lowest BCUT2D eigenvalue weighted by Crippen LogP contribution is -2.56. The van der Waals surface area contributed by atoms with Crippen LogP contribution < -0.4 is 5.32 Å². The number of rotatable bonds is 3. The van der Waals surface area contributed by atoms with Crippen molar-refractivity contribution >= 4 is 0 Å². The molecule has 1 atom stereocenters. The van der Waals surface area contributed by atoms with Crippen molar-refractivity contribution in [2.24, 2.45) is 0 Å². The molecule has 1 saturated heterocycles. The van der Waals surface area contributed by atoms with Gasteiger partial charge in [-0.3, -0.25) is 0 Å². The minimum absolute atomic E-state index is 0.158. The monoisotopic (exact) mass is 199 g/mol. The van der Waals surface area contributed by atoms with E-state index in [1.807, 2.05) is 0 Å². The molecule has 1 spiro atoms. The van der Waals surface area contributed by atoms with Gasteiger partial charge in [0.25, 0.3) is 0 Å². The summed E-state index contributed by atoms with van der Waals surface area (Å²) in [6.45, 7) is 4.14. The number of hydrogen-bond acceptors (Lipinski definition) is 3. The maximum Gasteiger partial charge on any atom is 0.0746 e. The van der Waals surface area contributed by atoms with Crippen LogP contribution in [0, 0.1) is 0 Å². The van der Waals surface area contributed by atoms with Gasteiger partial charge in [-0.05, 0) is 19.4 Å². The summed E-state index contributed by atoms with van der Waals surface area (Å²) in [5, 5.41) is 3.52. The zero-order chi connectivity index (χ0) is 10.0. The van der Waals surface area contributed by atoms with Gasteiger partial charge in [-0.15, -0.1) is 0 Å². The molecule has 3 heteroatoms. The maximum absolute atomic E-state index is 5.89. The zero-order valence-electron chi connectivity index (χ0n) is 9.21. The first-order chi connectivity index (χ1) is 6.78. The van der Waals surface area contributed by atoms with Crippen LogP contribution >= 0.6 is 0 Å². The second-order valence-corrected chi connectivity index (χ2v) is 4.54. The first-order valence-electron chi connectivity index (χ1n) is 5.68. The Balaban J connectivity index is 1.83. The largest absolute Gasteiger partial charge is 0.381 e. The van der Waals surface area contributed by atoms with E-state index < -0.39 is 0 Å². The van der Waals surface area contributed by atoms with Crippen LogP contribution in [-0.2, 0) is 9.47 Å². The van der Waals surface area contributed by atoms with Crippen LogP contribution in [0.2, 0.25) is 0 Å². The first kappa shape index (κ1) is 10.4. The zero-order valence-corrected chi connectivity index (χ0v) is 9.21. The lowest BCUT2D eigenvalue weighted by molar-refractivity contribution is -0.188. The van der Waals surface area contributed by atoms with Crippen LogP contribution in [0.15, 0.2) is 0 Å². The molecule has 1 aliphatic heterocycles. The number of hydrogen-bond donors (Lipinski definition) is 1. The van der Waals surface area contributed by atoms with Crippen LogP contribution in [0.1, 0.15) is 32.6 Å². The van der Waals surface area contributed by atoms with Crippen LogP contribution in [-0.4, -0.2) is 38.0 Å². The molecule has 1 aliphatic carbocycles. The van der Waals surface area contributed by atoms with E-state index in [4.69, 9.17) is 9.47 Å². The molecule has 0 radical (unpaired) electrons. The van der Waals surface area contributed by atoms with Gasteiger partial charge in [-0.25, -0.2) is 0 Å². The normalized spacial score (nSPS) is 42.4. The molecular formula is C11H21NO2. The van der Waals surface area contributed by atoms with Crippen LogP contribution in [0.3, 0.4) is 0 Å². The molecule has 0 bridgehead atoms. The minimum Gasteiger partial charge on any atom is -0.381 e. The summed E-state index contributed by atoms with van der Waals surface area (Å²) in [6.07, 6.45) is 4.94. The Labute approximate surface area is 86.2 Å². The summed E-state index contributed by atoms with van der Waals surface area (Å²) in [5.74, 6) is 0. The summed E-state index contributed by atoms with van der Waals surface area (Å²) in [4.78, 5) is 0. The van der Waals surface area contributed by atoms with E-state index in [0.717, 1.165) is 32.4 Å². The molecule has 2 aliphatic rings. The molecule has 1 heterocycles. The minimum atomic E-state index is 0.158. The van der Waals surface area contributed by atoms with Gasteiger partial charge in [0.1, 0.15) is 0 Å². The molecule has 2 rings (SSSR count). The van der Waals surface area contributed by atoms with Crippen LogP contribution in [0.5, 0.6) is 0 Å². The third-order valence-corrected chi connectivity index (χ3v) is 3.52. The number of methoxy groups -OCH3 is 1. The molecule has 1 saturated carbocycles. The van der Waals surface area contributed by atoms with Crippen molar-refractivity contribution in [2.45, 2.75) is 50.4 Å². The van der Waals surface area contributed by atoms with Crippen LogP contribution in [0.4, 0.5) is 0 Å². The van der Waals surface area contributed by atoms with E-state index in [0.29, 0.717) is 12.1 Å². The smallest absolute Gasteiger partial charge is 0.0746 e. The topological polar surface area (TPSA) is 30.5 Å². The van der Waals surface area contributed by atoms with E-state index in [1.165, 1.54) is 6.42 Å². The predicted octanol–water partition coefficient (Wildman–Crippen LogP) is 1.32. The van der Waals surface area contributed by atoms with Gasteiger partial charge < -0.3 is 14.8 Å². The average Bonchev–Trinajstić information content (AvgIpc) is 2.15. The second-order valence-electron chi connectivity index (χ2n) is 4.54. The fourth-order valence-corrected chi connectivity index (χ4v) is 2.71. The average molecular weight is 199 g/mol. The second kappa shape index (κ2) is 4.17. The SMILES string of the molecule is CCNC1CCOC2(C1)CC(OC)C2. The highest BCUT2D eigenvalue weighted by Crippen LogP contribution is 2.43. The predicted molar refractivity (Wildman–Crippen MR) is 55.4 cm³/mol. The quantitative estimate of drug-likeness (QED) is 0.743. The van der Waals surface area contributed by atoms with Crippen molar-refractivity contribution in [1.82, 2.24) is 5.32 Å². The van der Waals surface area contributed by atoms with Crippen molar-refractivity contribution < 1.29 is 9.47 Å².